The quantitative estimate of drug-likeness (QED) is 0.546. The van der Waals surface area contributed by atoms with Gasteiger partial charge in [0.25, 0.3) is 0 Å². The Labute approximate surface area is 72.3 Å². The lowest BCUT2D eigenvalue weighted by molar-refractivity contribution is -0.119. The van der Waals surface area contributed by atoms with Crippen molar-refractivity contribution < 1.29 is 9.90 Å². The van der Waals surface area contributed by atoms with Crippen molar-refractivity contribution in [2.24, 2.45) is 11.7 Å². The molecule has 4 nitrogen and oxygen atoms in total. The fraction of sp³-hybridized carbons (Fsp3) is 0.875. The van der Waals surface area contributed by atoms with Crippen LogP contribution in [-0.2, 0) is 4.79 Å². The van der Waals surface area contributed by atoms with E-state index in [-0.39, 0.29) is 12.0 Å². The number of hydrogen-bond donors (Lipinski definition) is 2. The maximum Gasteiger partial charge on any atom is 0.209 e. The topological polar surface area (TPSA) is 66.6 Å². The summed E-state index contributed by atoms with van der Waals surface area (Å²) < 4.78 is 0. The summed E-state index contributed by atoms with van der Waals surface area (Å²) in [5.41, 5.74) is 5.34. The zero-order chi connectivity index (χ0) is 8.97. The summed E-state index contributed by atoms with van der Waals surface area (Å²) in [5.74, 6) is 0.284. The molecule has 0 saturated carbocycles. The highest BCUT2D eigenvalue weighted by atomic mass is 16.3. The van der Waals surface area contributed by atoms with E-state index in [0.717, 1.165) is 32.3 Å². The summed E-state index contributed by atoms with van der Waals surface area (Å²) in [6.07, 6.45) is 2.22. The molecule has 1 atom stereocenters. The van der Waals surface area contributed by atoms with Crippen molar-refractivity contribution in [1.82, 2.24) is 4.90 Å². The lowest BCUT2D eigenvalue weighted by Crippen LogP contribution is -2.39. The van der Waals surface area contributed by atoms with Crippen LogP contribution in [0.4, 0.5) is 0 Å². The number of aliphatic hydroxyl groups excluding tert-OH is 1. The number of hydrogen-bond acceptors (Lipinski definition) is 3. The number of aliphatic hydroxyl groups is 1. The largest absolute Gasteiger partial charge is 0.392 e. The van der Waals surface area contributed by atoms with Crippen molar-refractivity contribution in [3.63, 3.8) is 0 Å². The van der Waals surface area contributed by atoms with Crippen LogP contribution in [0.1, 0.15) is 12.8 Å². The number of rotatable bonds is 3. The number of carbonyl (C=O) groups is 1. The van der Waals surface area contributed by atoms with E-state index in [2.05, 4.69) is 0 Å². The van der Waals surface area contributed by atoms with Gasteiger partial charge in [-0.15, -0.1) is 0 Å². The monoisotopic (exact) mass is 172 g/mol. The Kier molecular flexibility index (Phi) is 3.49. The molecule has 70 valence electrons. The van der Waals surface area contributed by atoms with Crippen LogP contribution in [0.2, 0.25) is 0 Å². The fourth-order valence-electron chi connectivity index (χ4n) is 1.60. The first kappa shape index (κ1) is 9.48. The average molecular weight is 172 g/mol. The molecule has 0 radical (unpaired) electrons. The van der Waals surface area contributed by atoms with Crippen LogP contribution in [-0.4, -0.2) is 42.2 Å². The number of carbonyl (C=O) groups excluding carboxylic acids is 1. The standard InChI is InChI=1S/C8H16N2O2/c9-5-8(12)7-1-3-10(6-11)4-2-7/h6-8,12H,1-5,9H2. The second-order valence-electron chi connectivity index (χ2n) is 3.28. The van der Waals surface area contributed by atoms with Crippen molar-refractivity contribution in [2.75, 3.05) is 19.6 Å². The second kappa shape index (κ2) is 4.42. The maximum atomic E-state index is 10.3. The Balaban J connectivity index is 2.30. The molecule has 3 N–H and O–H groups in total. The van der Waals surface area contributed by atoms with Crippen LogP contribution in [0.3, 0.4) is 0 Å². The first-order chi connectivity index (χ1) is 5.77. The predicted molar refractivity (Wildman–Crippen MR) is 45.4 cm³/mol. The fourth-order valence-corrected chi connectivity index (χ4v) is 1.60. The second-order valence-corrected chi connectivity index (χ2v) is 3.28. The lowest BCUT2D eigenvalue weighted by Gasteiger charge is -2.31. The van der Waals surface area contributed by atoms with E-state index < -0.39 is 0 Å². The molecule has 1 aliphatic heterocycles. The van der Waals surface area contributed by atoms with Gasteiger partial charge in [-0.1, -0.05) is 0 Å². The van der Waals surface area contributed by atoms with Gasteiger partial charge < -0.3 is 15.7 Å². The van der Waals surface area contributed by atoms with Crippen LogP contribution >= 0.6 is 0 Å². The van der Waals surface area contributed by atoms with Gasteiger partial charge in [-0.2, -0.15) is 0 Å². The summed E-state index contributed by atoms with van der Waals surface area (Å²) >= 11 is 0. The van der Waals surface area contributed by atoms with Gasteiger partial charge in [-0.3, -0.25) is 4.79 Å². The number of nitrogens with two attached hydrogens (primary N) is 1. The molecule has 0 aromatic rings. The van der Waals surface area contributed by atoms with Crippen molar-refractivity contribution in [3.05, 3.63) is 0 Å². The number of nitrogens with zero attached hydrogens (tertiary/aromatic N) is 1. The Bertz CT molecular complexity index is 144. The third-order valence-electron chi connectivity index (χ3n) is 2.51. The number of piperidine rings is 1. The van der Waals surface area contributed by atoms with Gasteiger partial charge in [0.1, 0.15) is 0 Å². The Morgan fingerprint density at radius 1 is 1.58 bits per heavy atom. The van der Waals surface area contributed by atoms with Crippen molar-refractivity contribution in [1.29, 1.82) is 0 Å². The molecule has 1 saturated heterocycles. The van der Waals surface area contributed by atoms with Gasteiger partial charge in [0.15, 0.2) is 0 Å². The molecule has 0 spiro atoms. The molecular weight excluding hydrogens is 156 g/mol. The molecule has 0 aromatic heterocycles. The van der Waals surface area contributed by atoms with Crippen LogP contribution in [0, 0.1) is 5.92 Å². The zero-order valence-corrected chi connectivity index (χ0v) is 7.15. The van der Waals surface area contributed by atoms with E-state index in [9.17, 15) is 9.90 Å². The van der Waals surface area contributed by atoms with Crippen molar-refractivity contribution in [2.45, 2.75) is 18.9 Å². The Morgan fingerprint density at radius 3 is 2.58 bits per heavy atom. The smallest absolute Gasteiger partial charge is 0.209 e. The summed E-state index contributed by atoms with van der Waals surface area (Å²) in [4.78, 5) is 12.1. The van der Waals surface area contributed by atoms with Gasteiger partial charge in [0.2, 0.25) is 6.41 Å². The first-order valence-electron chi connectivity index (χ1n) is 4.35. The highest BCUT2D eigenvalue weighted by Gasteiger charge is 2.23. The minimum atomic E-state index is -0.390. The van der Waals surface area contributed by atoms with E-state index in [1.165, 1.54) is 0 Å². The van der Waals surface area contributed by atoms with Crippen LogP contribution in [0.25, 0.3) is 0 Å². The molecule has 1 aliphatic rings. The van der Waals surface area contributed by atoms with Crippen LogP contribution < -0.4 is 5.73 Å². The molecule has 1 fully saturated rings. The number of likely N-dealkylation sites (tertiary alicyclic amines) is 1. The van der Waals surface area contributed by atoms with Crippen molar-refractivity contribution in [3.8, 4) is 0 Å². The third-order valence-corrected chi connectivity index (χ3v) is 2.51. The van der Waals surface area contributed by atoms with Gasteiger partial charge >= 0.3 is 0 Å². The Hall–Kier alpha value is -0.610. The summed E-state index contributed by atoms with van der Waals surface area (Å²) in [6, 6.07) is 0. The molecule has 1 amide bonds. The molecular formula is C8H16N2O2. The van der Waals surface area contributed by atoms with Crippen LogP contribution in [0.15, 0.2) is 0 Å². The average Bonchev–Trinajstić information content (AvgIpc) is 2.17. The first-order valence-corrected chi connectivity index (χ1v) is 4.35. The minimum Gasteiger partial charge on any atom is -0.392 e. The Morgan fingerprint density at radius 2 is 2.17 bits per heavy atom. The van der Waals surface area contributed by atoms with E-state index in [1.54, 1.807) is 4.90 Å². The molecule has 0 aromatic carbocycles. The summed E-state index contributed by atoms with van der Waals surface area (Å²) in [6.45, 7) is 1.84. The van der Waals surface area contributed by atoms with Gasteiger partial charge in [-0.25, -0.2) is 0 Å². The summed E-state index contributed by atoms with van der Waals surface area (Å²) in [5, 5.41) is 9.41. The van der Waals surface area contributed by atoms with E-state index in [1.807, 2.05) is 0 Å². The molecule has 1 unspecified atom stereocenters. The van der Waals surface area contributed by atoms with E-state index in [0.29, 0.717) is 6.54 Å². The lowest BCUT2D eigenvalue weighted by atomic mass is 9.91. The molecule has 0 aliphatic carbocycles. The molecule has 1 rings (SSSR count). The molecule has 12 heavy (non-hydrogen) atoms. The SMILES string of the molecule is NCC(O)C1CCN(C=O)CC1. The maximum absolute atomic E-state index is 10.3. The van der Waals surface area contributed by atoms with E-state index >= 15 is 0 Å². The number of amides is 1. The van der Waals surface area contributed by atoms with E-state index in [4.69, 9.17) is 5.73 Å². The predicted octanol–water partition coefficient (Wildman–Crippen LogP) is -0.826. The summed E-state index contributed by atoms with van der Waals surface area (Å²) in [7, 11) is 0. The third kappa shape index (κ3) is 2.19. The highest BCUT2D eigenvalue weighted by Crippen LogP contribution is 2.18. The van der Waals surface area contributed by atoms with Gasteiger partial charge in [0.05, 0.1) is 6.10 Å². The van der Waals surface area contributed by atoms with Gasteiger partial charge in [0, 0.05) is 19.6 Å². The molecule has 4 heteroatoms. The molecule has 0 bridgehead atoms. The normalized spacial score (nSPS) is 22.3. The minimum absolute atomic E-state index is 0.284. The van der Waals surface area contributed by atoms with Gasteiger partial charge in [-0.05, 0) is 18.8 Å². The van der Waals surface area contributed by atoms with Crippen molar-refractivity contribution >= 4 is 6.41 Å². The highest BCUT2D eigenvalue weighted by molar-refractivity contribution is 5.47. The van der Waals surface area contributed by atoms with Crippen LogP contribution in [0.5, 0.6) is 0 Å². The zero-order valence-electron chi connectivity index (χ0n) is 7.15. The molecule has 1 heterocycles.